The van der Waals surface area contributed by atoms with Crippen molar-refractivity contribution in [1.82, 2.24) is 0 Å². The van der Waals surface area contributed by atoms with Crippen molar-refractivity contribution in [2.45, 2.75) is 39.2 Å². The molecule has 1 rings (SSSR count). The summed E-state index contributed by atoms with van der Waals surface area (Å²) in [6.45, 7) is 6.25. The number of halogens is 2. The third-order valence-electron chi connectivity index (χ3n) is 3.32. The Morgan fingerprint density at radius 1 is 1.50 bits per heavy atom. The molecule has 0 heterocycles. The lowest BCUT2D eigenvalue weighted by Gasteiger charge is -2.31. The van der Waals surface area contributed by atoms with Gasteiger partial charge in [0, 0.05) is 10.6 Å². The lowest BCUT2D eigenvalue weighted by atomic mass is 9.81. The van der Waals surface area contributed by atoms with Crippen molar-refractivity contribution in [1.29, 1.82) is 0 Å². The highest BCUT2D eigenvalue weighted by Crippen LogP contribution is 2.26. The van der Waals surface area contributed by atoms with E-state index in [2.05, 4.69) is 13.8 Å². The fraction of sp³-hybridized carbons (Fsp3) is 0.538. The van der Waals surface area contributed by atoms with Crippen LogP contribution in [0.15, 0.2) is 18.2 Å². The summed E-state index contributed by atoms with van der Waals surface area (Å²) in [5.74, 6) is 0.0876. The van der Waals surface area contributed by atoms with E-state index in [1.807, 2.05) is 6.92 Å². The molecule has 90 valence electrons. The molecule has 2 N–H and O–H groups in total. The predicted octanol–water partition coefficient (Wildman–Crippen LogP) is 3.79. The molecule has 0 spiro atoms. The molecule has 1 aromatic carbocycles. The zero-order valence-electron chi connectivity index (χ0n) is 10.1. The molecule has 0 fully saturated rings. The van der Waals surface area contributed by atoms with Gasteiger partial charge in [-0.3, -0.25) is 0 Å². The van der Waals surface area contributed by atoms with E-state index in [0.29, 0.717) is 17.4 Å². The van der Waals surface area contributed by atoms with Gasteiger partial charge in [0.1, 0.15) is 5.82 Å². The Morgan fingerprint density at radius 3 is 2.62 bits per heavy atom. The van der Waals surface area contributed by atoms with Crippen LogP contribution in [-0.2, 0) is 6.42 Å². The van der Waals surface area contributed by atoms with Gasteiger partial charge in [-0.2, -0.15) is 0 Å². The summed E-state index contributed by atoms with van der Waals surface area (Å²) in [6.07, 6.45) is 1.69. The standard InChI is InChI=1S/C13H19ClFN/c1-4-9(2)13(3,16)8-10-5-6-11(15)7-12(10)14/h5-7,9H,4,8,16H2,1-3H3. The van der Waals surface area contributed by atoms with Gasteiger partial charge < -0.3 is 5.73 Å². The van der Waals surface area contributed by atoms with Crippen LogP contribution in [-0.4, -0.2) is 5.54 Å². The molecule has 0 aliphatic heterocycles. The Labute approximate surface area is 102 Å². The second-order valence-corrected chi connectivity index (χ2v) is 5.13. The van der Waals surface area contributed by atoms with E-state index in [0.717, 1.165) is 12.0 Å². The van der Waals surface area contributed by atoms with Crippen LogP contribution >= 0.6 is 11.6 Å². The topological polar surface area (TPSA) is 26.0 Å². The number of hydrogen-bond acceptors (Lipinski definition) is 1. The highest BCUT2D eigenvalue weighted by Gasteiger charge is 2.26. The first-order valence-corrected chi connectivity index (χ1v) is 5.97. The highest BCUT2D eigenvalue weighted by molar-refractivity contribution is 6.31. The van der Waals surface area contributed by atoms with Gasteiger partial charge in [0.05, 0.1) is 0 Å². The minimum Gasteiger partial charge on any atom is -0.325 e. The summed E-state index contributed by atoms with van der Waals surface area (Å²) < 4.78 is 12.9. The molecule has 16 heavy (non-hydrogen) atoms. The zero-order valence-corrected chi connectivity index (χ0v) is 10.8. The van der Waals surface area contributed by atoms with Crippen molar-refractivity contribution in [2.75, 3.05) is 0 Å². The van der Waals surface area contributed by atoms with E-state index in [9.17, 15) is 4.39 Å². The molecular weight excluding hydrogens is 225 g/mol. The molecule has 0 saturated heterocycles. The molecular formula is C13H19ClFN. The summed E-state index contributed by atoms with van der Waals surface area (Å²) in [4.78, 5) is 0. The second kappa shape index (κ2) is 5.15. The normalized spacial score (nSPS) is 16.9. The van der Waals surface area contributed by atoms with Gasteiger partial charge >= 0.3 is 0 Å². The molecule has 0 aliphatic carbocycles. The molecule has 0 radical (unpaired) electrons. The highest BCUT2D eigenvalue weighted by atomic mass is 35.5. The van der Waals surface area contributed by atoms with Crippen LogP contribution in [0.5, 0.6) is 0 Å². The summed E-state index contributed by atoms with van der Waals surface area (Å²) in [6, 6.07) is 4.47. The first-order chi connectivity index (χ1) is 7.36. The number of benzene rings is 1. The Hall–Kier alpha value is -0.600. The lowest BCUT2D eigenvalue weighted by Crippen LogP contribution is -2.44. The van der Waals surface area contributed by atoms with Crippen LogP contribution in [0.2, 0.25) is 5.02 Å². The average Bonchev–Trinajstić information content (AvgIpc) is 2.21. The maximum absolute atomic E-state index is 12.9. The van der Waals surface area contributed by atoms with Crippen molar-refractivity contribution >= 4 is 11.6 Å². The summed E-state index contributed by atoms with van der Waals surface area (Å²) in [5.41, 5.74) is 6.86. The molecule has 1 nitrogen and oxygen atoms in total. The number of hydrogen-bond donors (Lipinski definition) is 1. The third-order valence-corrected chi connectivity index (χ3v) is 3.68. The van der Waals surface area contributed by atoms with Crippen molar-refractivity contribution in [3.63, 3.8) is 0 Å². The van der Waals surface area contributed by atoms with Crippen LogP contribution < -0.4 is 5.73 Å². The van der Waals surface area contributed by atoms with Gasteiger partial charge in [0.15, 0.2) is 0 Å². The molecule has 0 aliphatic rings. The quantitative estimate of drug-likeness (QED) is 0.856. The minimum absolute atomic E-state index is 0.309. The van der Waals surface area contributed by atoms with Gasteiger partial charge in [-0.1, -0.05) is 37.9 Å². The molecule has 3 heteroatoms. The first-order valence-electron chi connectivity index (χ1n) is 5.59. The van der Waals surface area contributed by atoms with Crippen molar-refractivity contribution in [3.05, 3.63) is 34.6 Å². The Morgan fingerprint density at radius 2 is 2.12 bits per heavy atom. The van der Waals surface area contributed by atoms with Crippen LogP contribution in [0, 0.1) is 11.7 Å². The van der Waals surface area contributed by atoms with Gasteiger partial charge in [-0.15, -0.1) is 0 Å². The molecule has 0 amide bonds. The van der Waals surface area contributed by atoms with Gasteiger partial charge in [-0.05, 0) is 37.0 Å². The van der Waals surface area contributed by atoms with E-state index >= 15 is 0 Å². The Kier molecular flexibility index (Phi) is 4.34. The van der Waals surface area contributed by atoms with E-state index in [1.165, 1.54) is 12.1 Å². The molecule has 0 saturated carbocycles. The smallest absolute Gasteiger partial charge is 0.124 e. The molecule has 2 unspecified atom stereocenters. The summed E-state index contributed by atoms with van der Waals surface area (Å²) in [7, 11) is 0. The van der Waals surface area contributed by atoms with E-state index in [-0.39, 0.29) is 11.4 Å². The van der Waals surface area contributed by atoms with Crippen LogP contribution in [0.3, 0.4) is 0 Å². The van der Waals surface area contributed by atoms with Crippen LogP contribution in [0.1, 0.15) is 32.8 Å². The molecule has 0 aromatic heterocycles. The van der Waals surface area contributed by atoms with Crippen molar-refractivity contribution in [3.8, 4) is 0 Å². The van der Waals surface area contributed by atoms with Gasteiger partial charge in [-0.25, -0.2) is 4.39 Å². The van der Waals surface area contributed by atoms with E-state index in [1.54, 1.807) is 6.07 Å². The van der Waals surface area contributed by atoms with Crippen LogP contribution in [0.25, 0.3) is 0 Å². The number of rotatable bonds is 4. The lowest BCUT2D eigenvalue weighted by molar-refractivity contribution is 0.306. The van der Waals surface area contributed by atoms with E-state index in [4.69, 9.17) is 17.3 Å². The fourth-order valence-electron chi connectivity index (χ4n) is 1.72. The summed E-state index contributed by atoms with van der Waals surface area (Å²) >= 11 is 5.99. The van der Waals surface area contributed by atoms with Crippen molar-refractivity contribution < 1.29 is 4.39 Å². The van der Waals surface area contributed by atoms with E-state index < -0.39 is 0 Å². The van der Waals surface area contributed by atoms with Crippen LogP contribution in [0.4, 0.5) is 4.39 Å². The maximum Gasteiger partial charge on any atom is 0.124 e. The van der Waals surface area contributed by atoms with Crippen molar-refractivity contribution in [2.24, 2.45) is 11.7 Å². The fourth-order valence-corrected chi connectivity index (χ4v) is 1.95. The maximum atomic E-state index is 12.9. The SMILES string of the molecule is CCC(C)C(C)(N)Cc1ccc(F)cc1Cl. The minimum atomic E-state index is -0.309. The zero-order chi connectivity index (χ0) is 12.3. The third kappa shape index (κ3) is 3.19. The summed E-state index contributed by atoms with van der Waals surface area (Å²) in [5, 5.41) is 0.458. The predicted molar refractivity (Wildman–Crippen MR) is 67.2 cm³/mol. The average molecular weight is 244 g/mol. The monoisotopic (exact) mass is 243 g/mol. The Balaban J connectivity index is 2.87. The van der Waals surface area contributed by atoms with Gasteiger partial charge in [0.25, 0.3) is 0 Å². The van der Waals surface area contributed by atoms with Gasteiger partial charge in [0.2, 0.25) is 0 Å². The molecule has 0 bridgehead atoms. The molecule has 1 aromatic rings. The second-order valence-electron chi connectivity index (χ2n) is 4.73. The first kappa shape index (κ1) is 13.5. The Bertz CT molecular complexity index is 363. The largest absolute Gasteiger partial charge is 0.325 e. The number of nitrogens with two attached hydrogens (primary N) is 1. The molecule has 2 atom stereocenters.